The summed E-state index contributed by atoms with van der Waals surface area (Å²) in [5.41, 5.74) is -6.30. The lowest BCUT2D eigenvalue weighted by molar-refractivity contribution is -0.248. The largest absolute Gasteiger partial charge is 0.390 e. The maximum absolute atomic E-state index is 17.1. The molecule has 8 heteroatoms. The van der Waals surface area contributed by atoms with Crippen molar-refractivity contribution in [3.8, 4) is 0 Å². The molecular formula is C24H30F2O6. The van der Waals surface area contributed by atoms with Gasteiger partial charge in [0.2, 0.25) is 0 Å². The quantitative estimate of drug-likeness (QED) is 0.668. The Hall–Kier alpha value is -1.48. The van der Waals surface area contributed by atoms with Gasteiger partial charge in [0.25, 0.3) is 0 Å². The summed E-state index contributed by atoms with van der Waals surface area (Å²) < 4.78 is 44.8. The summed E-state index contributed by atoms with van der Waals surface area (Å²) in [5.74, 6) is -3.53. The molecule has 1 saturated heterocycles. The van der Waals surface area contributed by atoms with Gasteiger partial charge < -0.3 is 19.7 Å². The number of fused-ring (bicyclic) bond motifs is 7. The van der Waals surface area contributed by atoms with Crippen LogP contribution >= 0.6 is 0 Å². The zero-order chi connectivity index (χ0) is 23.5. The smallest absolute Gasteiger partial charge is 0.193 e. The van der Waals surface area contributed by atoms with E-state index in [1.807, 2.05) is 0 Å². The van der Waals surface area contributed by atoms with Crippen LogP contribution in [0.25, 0.3) is 0 Å². The maximum atomic E-state index is 17.1. The highest BCUT2D eigenvalue weighted by atomic mass is 19.1. The fourth-order valence-electron chi connectivity index (χ4n) is 7.92. The second-order valence-corrected chi connectivity index (χ2v) is 11.0. The van der Waals surface area contributed by atoms with E-state index in [0.717, 1.165) is 6.08 Å². The van der Waals surface area contributed by atoms with Crippen molar-refractivity contribution in [3.63, 3.8) is 0 Å². The van der Waals surface area contributed by atoms with E-state index in [4.69, 9.17) is 9.47 Å². The van der Waals surface area contributed by atoms with Crippen molar-refractivity contribution in [2.45, 2.75) is 82.4 Å². The van der Waals surface area contributed by atoms with E-state index in [-0.39, 0.29) is 24.8 Å². The van der Waals surface area contributed by atoms with Gasteiger partial charge in [-0.1, -0.05) is 13.0 Å². The van der Waals surface area contributed by atoms with Crippen LogP contribution < -0.4 is 0 Å². The molecule has 0 spiro atoms. The van der Waals surface area contributed by atoms with Crippen LogP contribution in [0.2, 0.25) is 0 Å². The number of ether oxygens (including phenoxy) is 2. The van der Waals surface area contributed by atoms with Gasteiger partial charge in [-0.25, -0.2) is 8.78 Å². The minimum absolute atomic E-state index is 0.0550. The predicted molar refractivity (Wildman–Crippen MR) is 109 cm³/mol. The fourth-order valence-corrected chi connectivity index (χ4v) is 7.92. The summed E-state index contributed by atoms with van der Waals surface area (Å²) in [4.78, 5) is 25.1. The Morgan fingerprint density at radius 1 is 1.22 bits per heavy atom. The lowest BCUT2D eigenvalue weighted by atomic mass is 9.44. The molecule has 6 nitrogen and oxygen atoms in total. The molecule has 0 aromatic rings. The highest BCUT2D eigenvalue weighted by Crippen LogP contribution is 2.72. The molecule has 0 amide bonds. The normalized spacial score (nSPS) is 53.2. The Morgan fingerprint density at radius 3 is 2.56 bits per heavy atom. The second-order valence-electron chi connectivity index (χ2n) is 11.0. The van der Waals surface area contributed by atoms with Crippen LogP contribution in [0.15, 0.2) is 23.8 Å². The summed E-state index contributed by atoms with van der Waals surface area (Å²) >= 11 is 0. The summed E-state index contributed by atoms with van der Waals surface area (Å²) in [6.45, 7) is 5.87. The maximum Gasteiger partial charge on any atom is 0.193 e. The predicted octanol–water partition coefficient (Wildman–Crippen LogP) is 2.37. The molecule has 5 aliphatic rings. The van der Waals surface area contributed by atoms with E-state index in [9.17, 15) is 19.8 Å². The van der Waals surface area contributed by atoms with Gasteiger partial charge in [-0.3, -0.25) is 9.59 Å². The number of aliphatic hydroxyl groups is 2. The average Bonchev–Trinajstić information content (AvgIpc) is 3.11. The van der Waals surface area contributed by atoms with E-state index in [2.05, 4.69) is 0 Å². The van der Waals surface area contributed by atoms with Crippen molar-refractivity contribution in [1.29, 1.82) is 0 Å². The Morgan fingerprint density at radius 2 is 1.91 bits per heavy atom. The molecule has 2 N–H and O–H groups in total. The molecule has 0 aromatic carbocycles. The van der Waals surface area contributed by atoms with E-state index in [1.54, 1.807) is 20.8 Å². The van der Waals surface area contributed by atoms with Crippen LogP contribution in [0.4, 0.5) is 8.78 Å². The standard InChI is InChI=1S/C24H30F2O6/c1-20(2)31-19-9-13-14-8-16(25)15-7-12(28)5-6-21(15,3)23(14,26)17(29)10-22(13,4)24(19,32-20)18(30)11-27/h5-7,13-14,16-17,19,27,29H,8-11H2,1-4H3/t13-,14-,16-,17-,19-,21-,22-,23?,24+/m0/s1. The molecule has 0 radical (unpaired) electrons. The topological polar surface area (TPSA) is 93.1 Å². The highest BCUT2D eigenvalue weighted by Gasteiger charge is 2.80. The van der Waals surface area contributed by atoms with E-state index in [0.29, 0.717) is 0 Å². The van der Waals surface area contributed by atoms with Gasteiger partial charge in [-0.2, -0.15) is 0 Å². The first-order valence-electron chi connectivity index (χ1n) is 11.3. The number of carbonyl (C=O) groups excluding carboxylic acids is 2. The zero-order valence-electron chi connectivity index (χ0n) is 18.7. The summed E-state index contributed by atoms with van der Waals surface area (Å²) in [7, 11) is 0. The number of allylic oxidation sites excluding steroid dienone is 4. The molecule has 1 unspecified atom stereocenters. The van der Waals surface area contributed by atoms with Gasteiger partial charge in [0.05, 0.1) is 12.2 Å². The molecule has 32 heavy (non-hydrogen) atoms. The summed E-state index contributed by atoms with van der Waals surface area (Å²) in [6.07, 6.45) is -0.151. The van der Waals surface area contributed by atoms with Crippen molar-refractivity contribution < 1.29 is 38.1 Å². The van der Waals surface area contributed by atoms with Crippen molar-refractivity contribution in [2.75, 3.05) is 6.61 Å². The first-order valence-corrected chi connectivity index (χ1v) is 11.3. The SMILES string of the molecule is CC1(C)O[C@H]2C[C@H]3[C@@H]4C[C@H](F)C5=CC(=O)C=C[C@]5(C)C4(F)[C@@H](O)C[C@]3(C)[C@]2(C(=O)CO)O1. The minimum Gasteiger partial charge on any atom is -0.390 e. The van der Waals surface area contributed by atoms with Crippen LogP contribution in [-0.2, 0) is 19.1 Å². The highest BCUT2D eigenvalue weighted by molar-refractivity contribution is 6.01. The molecule has 5 rings (SSSR count). The van der Waals surface area contributed by atoms with Gasteiger partial charge in [-0.15, -0.1) is 0 Å². The molecule has 176 valence electrons. The molecular weight excluding hydrogens is 422 g/mol. The third-order valence-corrected chi connectivity index (χ3v) is 9.18. The minimum atomic E-state index is -2.24. The van der Waals surface area contributed by atoms with Crippen molar-refractivity contribution >= 4 is 11.6 Å². The monoisotopic (exact) mass is 452 g/mol. The van der Waals surface area contributed by atoms with Crippen molar-refractivity contribution in [2.24, 2.45) is 22.7 Å². The number of aliphatic hydroxyl groups excluding tert-OH is 2. The van der Waals surface area contributed by atoms with Crippen LogP contribution in [0.1, 0.15) is 47.0 Å². The number of hydrogen-bond acceptors (Lipinski definition) is 6. The molecule has 1 aliphatic heterocycles. The fraction of sp³-hybridized carbons (Fsp3) is 0.750. The van der Waals surface area contributed by atoms with Crippen LogP contribution in [0.5, 0.6) is 0 Å². The lowest BCUT2D eigenvalue weighted by Gasteiger charge is -2.63. The third kappa shape index (κ3) is 2.32. The van der Waals surface area contributed by atoms with Crippen molar-refractivity contribution in [3.05, 3.63) is 23.8 Å². The van der Waals surface area contributed by atoms with E-state index in [1.165, 1.54) is 19.1 Å². The second kappa shape index (κ2) is 6.34. The molecule has 0 bridgehead atoms. The Labute approximate surface area is 185 Å². The number of halogens is 2. The number of ketones is 2. The number of rotatable bonds is 2. The van der Waals surface area contributed by atoms with Crippen LogP contribution in [-0.4, -0.2) is 63.8 Å². The van der Waals surface area contributed by atoms with Gasteiger partial charge in [0.15, 0.2) is 28.6 Å². The van der Waals surface area contributed by atoms with Crippen molar-refractivity contribution in [1.82, 2.24) is 0 Å². The Bertz CT molecular complexity index is 960. The lowest BCUT2D eigenvalue weighted by Crippen LogP contribution is -2.71. The molecule has 9 atom stereocenters. The third-order valence-electron chi connectivity index (χ3n) is 9.18. The first-order chi connectivity index (χ1) is 14.8. The molecule has 1 heterocycles. The van der Waals surface area contributed by atoms with E-state index < -0.39 is 76.3 Å². The zero-order valence-corrected chi connectivity index (χ0v) is 18.7. The van der Waals surface area contributed by atoms with Gasteiger partial charge in [0, 0.05) is 16.7 Å². The molecule has 3 saturated carbocycles. The average molecular weight is 452 g/mol. The molecule has 4 aliphatic carbocycles. The number of hydrogen-bond donors (Lipinski definition) is 2. The molecule has 4 fully saturated rings. The Balaban J connectivity index is 1.66. The number of alkyl halides is 2. The van der Waals surface area contributed by atoms with Gasteiger partial charge in [-0.05, 0) is 63.7 Å². The summed E-state index contributed by atoms with van der Waals surface area (Å²) in [6, 6.07) is 0. The number of carbonyl (C=O) groups is 2. The van der Waals surface area contributed by atoms with Crippen LogP contribution in [0, 0.1) is 22.7 Å². The molecule has 0 aromatic heterocycles. The van der Waals surface area contributed by atoms with Gasteiger partial charge in [0.1, 0.15) is 12.8 Å². The first kappa shape index (κ1) is 22.3. The van der Waals surface area contributed by atoms with Gasteiger partial charge >= 0.3 is 0 Å². The van der Waals surface area contributed by atoms with Crippen LogP contribution in [0.3, 0.4) is 0 Å². The Kier molecular flexibility index (Phi) is 4.42. The van der Waals surface area contributed by atoms with E-state index >= 15 is 8.78 Å². The summed E-state index contributed by atoms with van der Waals surface area (Å²) in [5, 5.41) is 21.1. The number of Topliss-reactive ketones (excluding diaryl/α,β-unsaturated/α-hetero) is 1.